The highest BCUT2D eigenvalue weighted by Crippen LogP contribution is 2.32. The molecular formula is C36H50N2O5S. The molecule has 0 amide bonds. The zero-order valence-corrected chi connectivity index (χ0v) is 27.2. The summed E-state index contributed by atoms with van der Waals surface area (Å²) in [5.41, 5.74) is 1.32. The molecular weight excluding hydrogens is 572 g/mol. The minimum atomic E-state index is -4.05. The van der Waals surface area contributed by atoms with Gasteiger partial charge in [0, 0.05) is 19.2 Å². The van der Waals surface area contributed by atoms with E-state index in [-0.39, 0.29) is 29.4 Å². The van der Waals surface area contributed by atoms with Crippen molar-refractivity contribution in [2.45, 2.75) is 115 Å². The first-order valence-electron chi connectivity index (χ1n) is 16.4. The molecule has 0 saturated heterocycles. The van der Waals surface area contributed by atoms with Crippen molar-refractivity contribution in [1.82, 2.24) is 4.31 Å². The van der Waals surface area contributed by atoms with Crippen LogP contribution in [0.25, 0.3) is 0 Å². The molecule has 0 aliphatic carbocycles. The molecule has 44 heavy (non-hydrogen) atoms. The number of nitro groups is 1. The highest BCUT2D eigenvalue weighted by molar-refractivity contribution is 7.89. The fraction of sp³-hybridized carbons (Fsp3) is 0.500. The van der Waals surface area contributed by atoms with Crippen molar-refractivity contribution in [3.05, 3.63) is 100 Å². The number of nitrogens with zero attached hydrogens (tertiary/aromatic N) is 2. The summed E-state index contributed by atoms with van der Waals surface area (Å²) in [5.74, 6) is 0.0984. The molecule has 0 N–H and O–H groups in total. The van der Waals surface area contributed by atoms with E-state index in [0.717, 1.165) is 36.5 Å². The van der Waals surface area contributed by atoms with E-state index in [4.69, 9.17) is 4.74 Å². The second-order valence-electron chi connectivity index (χ2n) is 11.6. The maximum absolute atomic E-state index is 13.8. The lowest BCUT2D eigenvalue weighted by Crippen LogP contribution is -2.30. The monoisotopic (exact) mass is 622 g/mol. The average Bonchev–Trinajstić information content (AvgIpc) is 3.03. The molecule has 0 heterocycles. The fourth-order valence-corrected chi connectivity index (χ4v) is 6.79. The van der Waals surface area contributed by atoms with Gasteiger partial charge in [-0.1, -0.05) is 151 Å². The van der Waals surface area contributed by atoms with Crippen LogP contribution in [0.2, 0.25) is 0 Å². The van der Waals surface area contributed by atoms with Gasteiger partial charge in [0.2, 0.25) is 10.0 Å². The number of hydrogen-bond acceptors (Lipinski definition) is 5. The molecule has 0 radical (unpaired) electrons. The average molecular weight is 623 g/mol. The quantitative estimate of drug-likeness (QED) is 0.0596. The number of hydrogen-bond donors (Lipinski definition) is 0. The summed E-state index contributed by atoms with van der Waals surface area (Å²) in [6.07, 6.45) is 17.5. The normalized spacial score (nSPS) is 11.6. The van der Waals surface area contributed by atoms with E-state index in [9.17, 15) is 18.5 Å². The van der Waals surface area contributed by atoms with Gasteiger partial charge in [-0.3, -0.25) is 10.1 Å². The molecule has 0 atom stereocenters. The third-order valence-electron chi connectivity index (χ3n) is 7.92. The van der Waals surface area contributed by atoms with Gasteiger partial charge in [0.15, 0.2) is 5.75 Å². The molecule has 8 heteroatoms. The molecule has 3 rings (SSSR count). The number of nitro benzene ring substituents is 1. The smallest absolute Gasteiger partial charge is 0.312 e. The lowest BCUT2D eigenvalue weighted by molar-refractivity contribution is -0.386. The van der Waals surface area contributed by atoms with Gasteiger partial charge >= 0.3 is 5.69 Å². The van der Waals surface area contributed by atoms with E-state index < -0.39 is 14.9 Å². The van der Waals surface area contributed by atoms with E-state index in [0.29, 0.717) is 6.61 Å². The second-order valence-corrected chi connectivity index (χ2v) is 13.5. The second kappa shape index (κ2) is 19.9. The molecule has 240 valence electrons. The van der Waals surface area contributed by atoms with Crippen molar-refractivity contribution < 1.29 is 18.1 Å². The van der Waals surface area contributed by atoms with E-state index in [1.54, 1.807) is 0 Å². The number of rotatable bonds is 23. The van der Waals surface area contributed by atoms with Crippen LogP contribution < -0.4 is 4.74 Å². The Labute approximate surface area is 264 Å². The lowest BCUT2D eigenvalue weighted by Gasteiger charge is -2.23. The summed E-state index contributed by atoms with van der Waals surface area (Å²) >= 11 is 0. The molecule has 0 unspecified atom stereocenters. The Kier molecular flexibility index (Phi) is 16.0. The summed E-state index contributed by atoms with van der Waals surface area (Å²) in [6.45, 7) is 2.90. The first kappa shape index (κ1) is 35.3. The van der Waals surface area contributed by atoms with Crippen molar-refractivity contribution in [1.29, 1.82) is 0 Å². The Hall–Kier alpha value is -3.23. The van der Waals surface area contributed by atoms with E-state index in [2.05, 4.69) is 6.92 Å². The van der Waals surface area contributed by atoms with Crippen molar-refractivity contribution in [3.8, 4) is 5.75 Å². The van der Waals surface area contributed by atoms with E-state index in [1.165, 1.54) is 87.1 Å². The van der Waals surface area contributed by atoms with Crippen LogP contribution in [0.4, 0.5) is 5.69 Å². The SMILES string of the molecule is CCCCCCCCCCCCCCCCOc1ccc(S(=O)(=O)N(Cc2ccccc2)Cc2ccccc2)cc1[N+](=O)[O-]. The van der Waals surface area contributed by atoms with E-state index in [1.807, 2.05) is 60.7 Å². The molecule has 3 aromatic rings. The molecule has 0 aliphatic heterocycles. The standard InChI is InChI=1S/C36H50N2O5S/c1-2-3-4-5-6-7-8-9-10-11-12-13-14-21-28-43-36-27-26-34(29-35(36)38(39)40)44(41,42)37(30-32-22-17-15-18-23-32)31-33-24-19-16-20-25-33/h15-20,22-27,29H,2-14,21,28,30-31H2,1H3. The Morgan fingerprint density at radius 1 is 0.659 bits per heavy atom. The van der Waals surface area contributed by atoms with Crippen LogP contribution in [0.1, 0.15) is 108 Å². The minimum absolute atomic E-state index is 0.0984. The first-order valence-corrected chi connectivity index (χ1v) is 17.8. The predicted molar refractivity (Wildman–Crippen MR) is 178 cm³/mol. The molecule has 0 aliphatic rings. The van der Waals surface area contributed by atoms with Crippen molar-refractivity contribution in [2.75, 3.05) is 6.61 Å². The number of benzene rings is 3. The molecule has 0 bridgehead atoms. The summed E-state index contributed by atoms with van der Waals surface area (Å²) < 4.78 is 34.7. The summed E-state index contributed by atoms with van der Waals surface area (Å²) in [4.78, 5) is 11.2. The van der Waals surface area contributed by atoms with Crippen molar-refractivity contribution in [3.63, 3.8) is 0 Å². The molecule has 0 spiro atoms. The van der Waals surface area contributed by atoms with Gasteiger partial charge < -0.3 is 4.74 Å². The van der Waals surface area contributed by atoms with Crippen LogP contribution >= 0.6 is 0 Å². The van der Waals surface area contributed by atoms with Crippen LogP contribution in [0.3, 0.4) is 0 Å². The summed E-state index contributed by atoms with van der Waals surface area (Å²) in [5, 5.41) is 11.9. The molecule has 0 fully saturated rings. The van der Waals surface area contributed by atoms with Crippen molar-refractivity contribution >= 4 is 15.7 Å². The molecule has 0 aromatic heterocycles. The van der Waals surface area contributed by atoms with Crippen LogP contribution in [0, 0.1) is 10.1 Å². The molecule has 3 aromatic carbocycles. The highest BCUT2D eigenvalue weighted by atomic mass is 32.2. The lowest BCUT2D eigenvalue weighted by atomic mass is 10.0. The summed E-state index contributed by atoms with van der Waals surface area (Å²) in [7, 11) is -4.05. The number of unbranched alkanes of at least 4 members (excludes halogenated alkanes) is 13. The van der Waals surface area contributed by atoms with Crippen LogP contribution in [-0.4, -0.2) is 24.3 Å². The fourth-order valence-electron chi connectivity index (χ4n) is 5.35. The minimum Gasteiger partial charge on any atom is -0.487 e. The summed E-state index contributed by atoms with van der Waals surface area (Å²) in [6, 6.07) is 22.6. The maximum atomic E-state index is 13.8. The largest absolute Gasteiger partial charge is 0.487 e. The van der Waals surface area contributed by atoms with Crippen LogP contribution in [-0.2, 0) is 23.1 Å². The van der Waals surface area contributed by atoms with E-state index >= 15 is 0 Å². The number of ether oxygens (including phenoxy) is 1. The van der Waals surface area contributed by atoms with Crippen molar-refractivity contribution in [2.24, 2.45) is 0 Å². The molecule has 7 nitrogen and oxygen atoms in total. The van der Waals surface area contributed by atoms with Gasteiger partial charge in [0.25, 0.3) is 0 Å². The number of sulfonamides is 1. The van der Waals surface area contributed by atoms with Gasteiger partial charge in [-0.2, -0.15) is 4.31 Å². The van der Waals surface area contributed by atoms with Gasteiger partial charge in [-0.05, 0) is 29.7 Å². The van der Waals surface area contributed by atoms with Crippen LogP contribution in [0.5, 0.6) is 5.75 Å². The topological polar surface area (TPSA) is 89.8 Å². The Bertz CT molecular complexity index is 1290. The first-order chi connectivity index (χ1) is 21.4. The zero-order valence-electron chi connectivity index (χ0n) is 26.4. The zero-order chi connectivity index (χ0) is 31.5. The third kappa shape index (κ3) is 12.4. The molecule has 0 saturated carbocycles. The Morgan fingerprint density at radius 3 is 1.57 bits per heavy atom. The third-order valence-corrected chi connectivity index (χ3v) is 9.71. The maximum Gasteiger partial charge on any atom is 0.312 e. The highest BCUT2D eigenvalue weighted by Gasteiger charge is 2.28. The Morgan fingerprint density at radius 2 is 1.11 bits per heavy atom. The van der Waals surface area contributed by atoms with Gasteiger partial charge in [-0.15, -0.1) is 0 Å². The van der Waals surface area contributed by atoms with Gasteiger partial charge in [0.05, 0.1) is 16.4 Å². The predicted octanol–water partition coefficient (Wildman–Crippen LogP) is 9.85. The van der Waals surface area contributed by atoms with Gasteiger partial charge in [0.1, 0.15) is 0 Å². The van der Waals surface area contributed by atoms with Crippen LogP contribution in [0.15, 0.2) is 83.8 Å². The Balaban J connectivity index is 1.49. The van der Waals surface area contributed by atoms with Gasteiger partial charge in [-0.25, -0.2) is 8.42 Å².